The minimum atomic E-state index is -0.906. The molecule has 1 atom stereocenters. The molecule has 1 unspecified atom stereocenters. The van der Waals surface area contributed by atoms with Crippen molar-refractivity contribution in [3.63, 3.8) is 0 Å². The molecule has 0 aliphatic carbocycles. The van der Waals surface area contributed by atoms with E-state index in [-0.39, 0.29) is 29.4 Å². The number of methoxy groups -OCH3 is 1. The van der Waals surface area contributed by atoms with E-state index in [2.05, 4.69) is 5.32 Å². The van der Waals surface area contributed by atoms with Gasteiger partial charge in [-0.2, -0.15) is 0 Å². The molecule has 0 aromatic heterocycles. The molecule has 2 aliphatic heterocycles. The summed E-state index contributed by atoms with van der Waals surface area (Å²) in [5, 5.41) is 3.27. The van der Waals surface area contributed by atoms with Gasteiger partial charge in [0.15, 0.2) is 0 Å². The molecule has 9 heteroatoms. The Morgan fingerprint density at radius 2 is 2.08 bits per heavy atom. The minimum Gasteiger partial charge on any atom is -0.466 e. The Labute approximate surface area is 147 Å². The Morgan fingerprint density at radius 1 is 1.33 bits per heavy atom. The molecule has 0 spiro atoms. The second-order valence-electron chi connectivity index (χ2n) is 5.10. The van der Waals surface area contributed by atoms with Crippen molar-refractivity contribution in [3.05, 3.63) is 45.1 Å². The van der Waals surface area contributed by atoms with Crippen LogP contribution in [0.1, 0.15) is 11.6 Å². The Kier molecular flexibility index (Phi) is 4.38. The van der Waals surface area contributed by atoms with Crippen molar-refractivity contribution in [1.82, 2.24) is 10.2 Å². The van der Waals surface area contributed by atoms with Crippen molar-refractivity contribution in [2.75, 3.05) is 20.3 Å². The van der Waals surface area contributed by atoms with E-state index >= 15 is 0 Å². The monoisotopic (exact) mass is 370 g/mol. The number of carbonyl (C=O) groups is 3. The van der Waals surface area contributed by atoms with Gasteiger partial charge in [-0.3, -0.25) is 4.90 Å². The Bertz CT molecular complexity index is 777. The Balaban J connectivity index is 2.18. The third-order valence-corrected chi connectivity index (χ3v) is 4.49. The highest BCUT2D eigenvalue weighted by molar-refractivity contribution is 6.42. The van der Waals surface area contributed by atoms with E-state index < -0.39 is 24.0 Å². The number of morpholine rings is 1. The highest BCUT2D eigenvalue weighted by Crippen LogP contribution is 2.35. The van der Waals surface area contributed by atoms with Crippen LogP contribution in [-0.2, 0) is 19.1 Å². The number of esters is 2. The fourth-order valence-corrected chi connectivity index (χ4v) is 2.96. The molecule has 1 aromatic carbocycles. The topological polar surface area (TPSA) is 84.9 Å². The van der Waals surface area contributed by atoms with Gasteiger partial charge in [0.25, 0.3) is 0 Å². The summed E-state index contributed by atoms with van der Waals surface area (Å²) in [6.45, 7) is 0.211. The second kappa shape index (κ2) is 6.33. The van der Waals surface area contributed by atoms with E-state index in [1.807, 2.05) is 0 Å². The van der Waals surface area contributed by atoms with Gasteiger partial charge in [-0.15, -0.1) is 0 Å². The number of halogens is 2. The SMILES string of the molecule is COC(=O)C1=C2C(=O)OCCN2C(=O)NC1c1ccc(Cl)c(Cl)c1. The number of amides is 2. The predicted molar refractivity (Wildman–Crippen MR) is 84.4 cm³/mol. The highest BCUT2D eigenvalue weighted by Gasteiger charge is 2.43. The first-order chi connectivity index (χ1) is 11.4. The standard InChI is InChI=1S/C15H12Cl2N2O5/c1-23-13(20)10-11(7-2-3-8(16)9(17)6-7)18-15(22)19-4-5-24-14(21)12(10)19/h2-3,6,11H,4-5H2,1H3,(H,18,22). The zero-order valence-corrected chi connectivity index (χ0v) is 14.0. The lowest BCUT2D eigenvalue weighted by Gasteiger charge is -2.37. The smallest absolute Gasteiger partial charge is 0.355 e. The van der Waals surface area contributed by atoms with Crippen LogP contribution in [0.25, 0.3) is 0 Å². The van der Waals surface area contributed by atoms with Crippen molar-refractivity contribution in [3.8, 4) is 0 Å². The summed E-state index contributed by atoms with van der Waals surface area (Å²) in [5.41, 5.74) is 0.358. The molecule has 1 aromatic rings. The lowest BCUT2D eigenvalue weighted by atomic mass is 9.94. The molecule has 0 radical (unpaired) electrons. The Morgan fingerprint density at radius 3 is 2.75 bits per heavy atom. The molecule has 24 heavy (non-hydrogen) atoms. The number of urea groups is 1. The van der Waals surface area contributed by atoms with Gasteiger partial charge in [-0.05, 0) is 17.7 Å². The van der Waals surface area contributed by atoms with E-state index in [0.717, 1.165) is 0 Å². The number of hydrogen-bond donors (Lipinski definition) is 1. The van der Waals surface area contributed by atoms with Crippen LogP contribution in [0, 0.1) is 0 Å². The zero-order chi connectivity index (χ0) is 17.4. The van der Waals surface area contributed by atoms with E-state index in [1.165, 1.54) is 24.1 Å². The van der Waals surface area contributed by atoms with Crippen molar-refractivity contribution >= 4 is 41.2 Å². The molecule has 1 fully saturated rings. The van der Waals surface area contributed by atoms with Gasteiger partial charge in [0.2, 0.25) is 0 Å². The van der Waals surface area contributed by atoms with Crippen molar-refractivity contribution < 1.29 is 23.9 Å². The van der Waals surface area contributed by atoms with E-state index in [9.17, 15) is 14.4 Å². The van der Waals surface area contributed by atoms with Crippen LogP contribution in [0.5, 0.6) is 0 Å². The van der Waals surface area contributed by atoms with E-state index in [1.54, 1.807) is 6.07 Å². The maximum atomic E-state index is 12.3. The number of carbonyl (C=O) groups excluding carboxylic acids is 3. The fraction of sp³-hybridized carbons (Fsp3) is 0.267. The maximum Gasteiger partial charge on any atom is 0.355 e. The van der Waals surface area contributed by atoms with Crippen molar-refractivity contribution in [2.24, 2.45) is 0 Å². The van der Waals surface area contributed by atoms with Crippen molar-refractivity contribution in [2.45, 2.75) is 6.04 Å². The molecule has 0 bridgehead atoms. The van der Waals surface area contributed by atoms with Crippen LogP contribution in [0.4, 0.5) is 4.79 Å². The van der Waals surface area contributed by atoms with Crippen LogP contribution in [-0.4, -0.2) is 43.1 Å². The average molecular weight is 371 g/mol. The Hall–Kier alpha value is -2.25. The maximum absolute atomic E-state index is 12.3. The van der Waals surface area contributed by atoms with Gasteiger partial charge in [0.1, 0.15) is 12.3 Å². The number of ether oxygens (including phenoxy) is 2. The molecule has 0 saturated carbocycles. The molecule has 7 nitrogen and oxygen atoms in total. The van der Waals surface area contributed by atoms with Crippen LogP contribution < -0.4 is 5.32 Å². The van der Waals surface area contributed by atoms with Gasteiger partial charge in [0, 0.05) is 0 Å². The number of nitrogens with one attached hydrogen (secondary N) is 1. The van der Waals surface area contributed by atoms with E-state index in [4.69, 9.17) is 32.7 Å². The number of nitrogens with zero attached hydrogens (tertiary/aromatic N) is 1. The summed E-state index contributed by atoms with van der Waals surface area (Å²) >= 11 is 11.9. The fourth-order valence-electron chi connectivity index (χ4n) is 2.66. The molecule has 1 N–H and O–H groups in total. The summed E-state index contributed by atoms with van der Waals surface area (Å²) in [5.74, 6) is -1.49. The second-order valence-corrected chi connectivity index (χ2v) is 5.91. The van der Waals surface area contributed by atoms with Crippen LogP contribution in [0.15, 0.2) is 29.5 Å². The van der Waals surface area contributed by atoms with Crippen LogP contribution in [0.3, 0.4) is 0 Å². The van der Waals surface area contributed by atoms with Gasteiger partial charge >= 0.3 is 18.0 Å². The number of cyclic esters (lactones) is 1. The third-order valence-electron chi connectivity index (χ3n) is 3.75. The van der Waals surface area contributed by atoms with Gasteiger partial charge in [-0.1, -0.05) is 29.3 Å². The van der Waals surface area contributed by atoms with Crippen LogP contribution in [0.2, 0.25) is 10.0 Å². The molecule has 2 heterocycles. The molecule has 126 valence electrons. The molecule has 2 amide bonds. The first-order valence-electron chi connectivity index (χ1n) is 6.96. The molecular weight excluding hydrogens is 359 g/mol. The van der Waals surface area contributed by atoms with E-state index in [0.29, 0.717) is 10.6 Å². The lowest BCUT2D eigenvalue weighted by Crippen LogP contribution is -2.53. The first kappa shape index (κ1) is 16.6. The molecule has 3 rings (SSSR count). The number of rotatable bonds is 2. The van der Waals surface area contributed by atoms with Crippen LogP contribution >= 0.6 is 23.2 Å². The summed E-state index contributed by atoms with van der Waals surface area (Å²) in [7, 11) is 1.19. The lowest BCUT2D eigenvalue weighted by molar-refractivity contribution is -0.146. The molecular formula is C15H12Cl2N2O5. The van der Waals surface area contributed by atoms with Gasteiger partial charge in [-0.25, -0.2) is 14.4 Å². The predicted octanol–water partition coefficient (Wildman–Crippen LogP) is 2.04. The quantitative estimate of drug-likeness (QED) is 0.805. The number of hydrogen-bond acceptors (Lipinski definition) is 5. The third kappa shape index (κ3) is 2.70. The van der Waals surface area contributed by atoms with Crippen molar-refractivity contribution in [1.29, 1.82) is 0 Å². The largest absolute Gasteiger partial charge is 0.466 e. The highest BCUT2D eigenvalue weighted by atomic mass is 35.5. The summed E-state index contributed by atoms with van der Waals surface area (Å²) in [6, 6.07) is 3.24. The van der Waals surface area contributed by atoms with Gasteiger partial charge < -0.3 is 14.8 Å². The zero-order valence-electron chi connectivity index (χ0n) is 12.5. The summed E-state index contributed by atoms with van der Waals surface area (Å²) < 4.78 is 9.76. The normalized spacial score (nSPS) is 20.3. The minimum absolute atomic E-state index is 0.0137. The summed E-state index contributed by atoms with van der Waals surface area (Å²) in [4.78, 5) is 37.9. The number of benzene rings is 1. The molecule has 2 aliphatic rings. The van der Waals surface area contributed by atoms with Gasteiger partial charge in [0.05, 0.1) is 35.3 Å². The summed E-state index contributed by atoms with van der Waals surface area (Å²) in [6.07, 6.45) is 0. The molecule has 1 saturated heterocycles. The first-order valence-corrected chi connectivity index (χ1v) is 7.72. The average Bonchev–Trinajstić information content (AvgIpc) is 2.57. The number of fused-ring (bicyclic) bond motifs is 1.